The fraction of sp³-hybridized carbons (Fsp3) is 0.353. The van der Waals surface area contributed by atoms with Crippen molar-refractivity contribution in [2.24, 2.45) is 5.73 Å². The van der Waals surface area contributed by atoms with Crippen LogP contribution in [-0.4, -0.2) is 44.9 Å². The Kier molecular flexibility index (Phi) is 7.12. The summed E-state index contributed by atoms with van der Waals surface area (Å²) in [5, 5.41) is 1.68. The Morgan fingerprint density at radius 1 is 1.20 bits per heavy atom. The minimum atomic E-state index is -3.69. The zero-order valence-electron chi connectivity index (χ0n) is 14.1. The first-order valence-electron chi connectivity index (χ1n) is 8.02. The molecule has 1 unspecified atom stereocenters. The van der Waals surface area contributed by atoms with Crippen molar-refractivity contribution in [2.75, 3.05) is 19.6 Å². The molecule has 0 radical (unpaired) electrons. The lowest BCUT2D eigenvalue weighted by Crippen LogP contribution is -2.48. The Balaban J connectivity index is 2.00. The number of rotatable bonds is 9. The summed E-state index contributed by atoms with van der Waals surface area (Å²) in [6.07, 6.45) is 0.691. The van der Waals surface area contributed by atoms with Crippen LogP contribution in [0.15, 0.2) is 52.1 Å². The largest absolute Gasteiger partial charge is 0.340 e. The highest BCUT2D eigenvalue weighted by atomic mass is 32.2. The molecule has 0 aliphatic heterocycles. The van der Waals surface area contributed by atoms with Gasteiger partial charge >= 0.3 is 0 Å². The maximum Gasteiger partial charge on any atom is 0.250 e. The maximum absolute atomic E-state index is 12.6. The molecule has 1 atom stereocenters. The van der Waals surface area contributed by atoms with E-state index in [1.165, 1.54) is 6.07 Å². The first kappa shape index (κ1) is 19.6. The molecule has 0 saturated carbocycles. The Morgan fingerprint density at radius 2 is 1.92 bits per heavy atom. The molecule has 0 aliphatic rings. The summed E-state index contributed by atoms with van der Waals surface area (Å²) in [6, 6.07) is 12.1. The van der Waals surface area contributed by atoms with Gasteiger partial charge in [0.1, 0.15) is 4.21 Å². The van der Waals surface area contributed by atoms with E-state index in [1.54, 1.807) is 23.3 Å². The second kappa shape index (κ2) is 9.10. The summed E-state index contributed by atoms with van der Waals surface area (Å²) >= 11 is 1.11. The summed E-state index contributed by atoms with van der Waals surface area (Å²) in [5.41, 5.74) is 6.72. The van der Waals surface area contributed by atoms with Crippen molar-refractivity contribution >= 4 is 27.3 Å². The molecule has 2 aromatic rings. The molecule has 0 saturated heterocycles. The second-order valence-corrected chi connectivity index (χ2v) is 8.51. The predicted octanol–water partition coefficient (Wildman–Crippen LogP) is 1.44. The number of hydrogen-bond donors (Lipinski definition) is 2. The molecule has 1 aromatic heterocycles. The van der Waals surface area contributed by atoms with Crippen LogP contribution in [0.25, 0.3) is 0 Å². The first-order chi connectivity index (χ1) is 11.9. The minimum Gasteiger partial charge on any atom is -0.340 e. The highest BCUT2D eigenvalue weighted by molar-refractivity contribution is 7.91. The van der Waals surface area contributed by atoms with Gasteiger partial charge < -0.3 is 10.6 Å². The molecule has 25 heavy (non-hydrogen) atoms. The van der Waals surface area contributed by atoms with Crippen LogP contribution in [0.3, 0.4) is 0 Å². The zero-order valence-corrected chi connectivity index (χ0v) is 15.7. The highest BCUT2D eigenvalue weighted by Crippen LogP contribution is 2.16. The minimum absolute atomic E-state index is 0.196. The van der Waals surface area contributed by atoms with Gasteiger partial charge in [0.2, 0.25) is 5.91 Å². The van der Waals surface area contributed by atoms with Crippen molar-refractivity contribution in [3.63, 3.8) is 0 Å². The van der Waals surface area contributed by atoms with Crippen molar-refractivity contribution in [1.29, 1.82) is 0 Å². The van der Waals surface area contributed by atoms with E-state index >= 15 is 0 Å². The van der Waals surface area contributed by atoms with Crippen LogP contribution in [0.4, 0.5) is 0 Å². The van der Waals surface area contributed by atoms with E-state index < -0.39 is 16.1 Å². The van der Waals surface area contributed by atoms with Crippen molar-refractivity contribution in [1.82, 2.24) is 9.62 Å². The number of nitrogens with one attached hydrogen (secondary N) is 1. The number of amides is 1. The van der Waals surface area contributed by atoms with Crippen LogP contribution >= 0.6 is 11.3 Å². The van der Waals surface area contributed by atoms with E-state index in [2.05, 4.69) is 4.72 Å². The predicted molar refractivity (Wildman–Crippen MR) is 99.9 cm³/mol. The van der Waals surface area contributed by atoms with E-state index in [0.717, 1.165) is 16.9 Å². The molecule has 3 N–H and O–H groups in total. The summed E-state index contributed by atoms with van der Waals surface area (Å²) in [5.74, 6) is -0.276. The Bertz CT molecular complexity index is 762. The molecule has 8 heteroatoms. The van der Waals surface area contributed by atoms with E-state index in [1.807, 2.05) is 30.3 Å². The van der Waals surface area contributed by atoms with Crippen molar-refractivity contribution in [2.45, 2.75) is 23.6 Å². The average molecular weight is 382 g/mol. The smallest absolute Gasteiger partial charge is 0.250 e. The lowest BCUT2D eigenvalue weighted by Gasteiger charge is -2.25. The number of nitrogens with two attached hydrogens (primary N) is 1. The molecule has 1 amide bonds. The summed E-state index contributed by atoms with van der Waals surface area (Å²) in [7, 11) is -3.69. The Labute approximate surface area is 152 Å². The standard InChI is InChI=1S/C17H23N3O3S2/c1-14(19-25(22,23)16-8-5-13-24-16)17(21)20(12-10-18)11-9-15-6-3-2-4-7-15/h2-8,13-14,19H,9-12,18H2,1H3. The lowest BCUT2D eigenvalue weighted by atomic mass is 10.1. The van der Waals surface area contributed by atoms with E-state index in [0.29, 0.717) is 26.1 Å². The molecule has 0 aliphatic carbocycles. The van der Waals surface area contributed by atoms with Crippen LogP contribution < -0.4 is 10.5 Å². The monoisotopic (exact) mass is 381 g/mol. The van der Waals surface area contributed by atoms with Crippen molar-refractivity contribution < 1.29 is 13.2 Å². The van der Waals surface area contributed by atoms with Gasteiger partial charge in [0.25, 0.3) is 10.0 Å². The van der Waals surface area contributed by atoms with E-state index in [-0.39, 0.29) is 10.1 Å². The zero-order chi connectivity index (χ0) is 18.3. The SMILES string of the molecule is CC(NS(=O)(=O)c1cccs1)C(=O)N(CCN)CCc1ccccc1. The molecule has 136 valence electrons. The molecule has 1 aromatic carbocycles. The molecule has 6 nitrogen and oxygen atoms in total. The van der Waals surface area contributed by atoms with Gasteiger partial charge in [0.05, 0.1) is 6.04 Å². The van der Waals surface area contributed by atoms with E-state index in [9.17, 15) is 13.2 Å². The molecule has 0 bridgehead atoms. The first-order valence-corrected chi connectivity index (χ1v) is 10.4. The number of benzene rings is 1. The quantitative estimate of drug-likeness (QED) is 0.687. The van der Waals surface area contributed by atoms with Gasteiger partial charge in [-0.25, -0.2) is 8.42 Å². The summed E-state index contributed by atoms with van der Waals surface area (Å²) in [4.78, 5) is 14.3. The summed E-state index contributed by atoms with van der Waals surface area (Å²) < 4.78 is 27.2. The fourth-order valence-electron chi connectivity index (χ4n) is 2.43. The van der Waals surface area contributed by atoms with Gasteiger partial charge in [0.15, 0.2) is 0 Å². The second-order valence-electron chi connectivity index (χ2n) is 5.62. The number of nitrogens with zero attached hydrogens (tertiary/aromatic N) is 1. The summed E-state index contributed by atoms with van der Waals surface area (Å²) in [6.45, 7) is 2.76. The molecular formula is C17H23N3O3S2. The third-order valence-corrected chi connectivity index (χ3v) is 6.62. The molecule has 1 heterocycles. The topological polar surface area (TPSA) is 92.5 Å². The van der Waals surface area contributed by atoms with Gasteiger partial charge in [-0.15, -0.1) is 11.3 Å². The maximum atomic E-state index is 12.6. The van der Waals surface area contributed by atoms with Crippen LogP contribution in [0.2, 0.25) is 0 Å². The third-order valence-electron chi connectivity index (χ3n) is 3.69. The van der Waals surface area contributed by atoms with E-state index in [4.69, 9.17) is 5.73 Å². The van der Waals surface area contributed by atoms with Gasteiger partial charge in [-0.3, -0.25) is 4.79 Å². The van der Waals surface area contributed by atoms with Crippen LogP contribution in [-0.2, 0) is 21.2 Å². The Hall–Kier alpha value is -1.74. The van der Waals surface area contributed by atoms with Gasteiger partial charge in [-0.1, -0.05) is 36.4 Å². The number of hydrogen-bond acceptors (Lipinski definition) is 5. The number of carbonyl (C=O) groups is 1. The van der Waals surface area contributed by atoms with Crippen molar-refractivity contribution in [3.05, 3.63) is 53.4 Å². The van der Waals surface area contributed by atoms with Crippen LogP contribution in [0, 0.1) is 0 Å². The van der Waals surface area contributed by atoms with Gasteiger partial charge in [-0.2, -0.15) is 4.72 Å². The molecule has 0 fully saturated rings. The Morgan fingerprint density at radius 3 is 2.52 bits per heavy atom. The number of thiophene rings is 1. The highest BCUT2D eigenvalue weighted by Gasteiger charge is 2.26. The normalized spacial score (nSPS) is 12.7. The van der Waals surface area contributed by atoms with Crippen LogP contribution in [0.5, 0.6) is 0 Å². The van der Waals surface area contributed by atoms with Gasteiger partial charge in [-0.05, 0) is 30.4 Å². The lowest BCUT2D eigenvalue weighted by molar-refractivity contribution is -0.132. The number of carbonyl (C=O) groups excluding carboxylic acids is 1. The molecular weight excluding hydrogens is 358 g/mol. The van der Waals surface area contributed by atoms with Crippen molar-refractivity contribution in [3.8, 4) is 0 Å². The van der Waals surface area contributed by atoms with Crippen LogP contribution in [0.1, 0.15) is 12.5 Å². The average Bonchev–Trinajstić information content (AvgIpc) is 3.14. The number of sulfonamides is 1. The van der Waals surface area contributed by atoms with Gasteiger partial charge in [0, 0.05) is 19.6 Å². The molecule has 2 rings (SSSR count). The molecule has 0 spiro atoms. The third kappa shape index (κ3) is 5.64. The fourth-order valence-corrected chi connectivity index (χ4v) is 4.63.